The van der Waals surface area contributed by atoms with Crippen molar-refractivity contribution >= 4 is 16.9 Å². The normalized spacial score (nSPS) is 9.89. The predicted molar refractivity (Wildman–Crippen MR) is 63.3 cm³/mol. The molecule has 0 aliphatic rings. The van der Waals surface area contributed by atoms with Gasteiger partial charge in [0.05, 0.1) is 7.11 Å². The lowest BCUT2D eigenvalue weighted by atomic mass is 10.1. The minimum absolute atomic E-state index is 0. The van der Waals surface area contributed by atoms with Gasteiger partial charge in [-0.3, -0.25) is 4.79 Å². The van der Waals surface area contributed by atoms with Crippen molar-refractivity contribution in [3.05, 3.63) is 36.0 Å². The molecule has 1 aromatic carbocycles. The Morgan fingerprint density at radius 3 is 2.83 bits per heavy atom. The van der Waals surface area contributed by atoms with Gasteiger partial charge in [0.1, 0.15) is 11.9 Å². The summed E-state index contributed by atoms with van der Waals surface area (Å²) in [5.74, 6) is -0.217. The van der Waals surface area contributed by atoms with E-state index in [-0.39, 0.29) is 23.0 Å². The maximum absolute atomic E-state index is 11.1. The van der Waals surface area contributed by atoms with Crippen LogP contribution in [0.5, 0.6) is 0 Å². The lowest BCUT2D eigenvalue weighted by Gasteiger charge is -2.00. The van der Waals surface area contributed by atoms with E-state index >= 15 is 0 Å². The zero-order valence-electron chi connectivity index (χ0n) is 10.4. The summed E-state index contributed by atoms with van der Waals surface area (Å²) in [6.45, 7) is 2.58. The average molecular weight is 311 g/mol. The SMILES string of the molecule is COC(=O)CC[n+]1cc(C)c2ccccc2n1.[Br-]. The fraction of sp³-hybridized carbons (Fsp3) is 0.308. The first-order valence-corrected chi connectivity index (χ1v) is 5.53. The number of carbonyl (C=O) groups is 1. The van der Waals surface area contributed by atoms with Crippen molar-refractivity contribution in [3.8, 4) is 0 Å². The molecule has 0 amide bonds. The van der Waals surface area contributed by atoms with E-state index in [4.69, 9.17) is 0 Å². The number of ether oxygens (including phenoxy) is 1. The summed E-state index contributed by atoms with van der Waals surface area (Å²) in [5.41, 5.74) is 2.10. The number of aromatic nitrogens is 2. The van der Waals surface area contributed by atoms with Crippen molar-refractivity contribution in [2.45, 2.75) is 19.9 Å². The Labute approximate surface area is 116 Å². The minimum Gasteiger partial charge on any atom is -1.00 e. The van der Waals surface area contributed by atoms with Crippen LogP contribution in [0.3, 0.4) is 0 Å². The van der Waals surface area contributed by atoms with Crippen molar-refractivity contribution in [1.29, 1.82) is 0 Å². The average Bonchev–Trinajstić information content (AvgIpc) is 2.36. The number of benzene rings is 1. The fourth-order valence-corrected chi connectivity index (χ4v) is 1.78. The van der Waals surface area contributed by atoms with Crippen LogP contribution in [-0.2, 0) is 16.1 Å². The molecule has 0 saturated heterocycles. The number of hydrogen-bond donors (Lipinski definition) is 0. The van der Waals surface area contributed by atoms with Crippen LogP contribution in [0.4, 0.5) is 0 Å². The van der Waals surface area contributed by atoms with E-state index in [1.54, 1.807) is 4.68 Å². The van der Waals surface area contributed by atoms with Crippen molar-refractivity contribution in [3.63, 3.8) is 0 Å². The summed E-state index contributed by atoms with van der Waals surface area (Å²) in [6, 6.07) is 7.97. The highest BCUT2D eigenvalue weighted by Crippen LogP contribution is 2.12. The van der Waals surface area contributed by atoms with E-state index in [9.17, 15) is 4.79 Å². The number of carbonyl (C=O) groups excluding carboxylic acids is 1. The van der Waals surface area contributed by atoms with Crippen LogP contribution in [0.15, 0.2) is 30.5 Å². The summed E-state index contributed by atoms with van der Waals surface area (Å²) in [6.07, 6.45) is 2.29. The van der Waals surface area contributed by atoms with Crippen LogP contribution in [0.1, 0.15) is 12.0 Å². The largest absolute Gasteiger partial charge is 1.00 e. The summed E-state index contributed by atoms with van der Waals surface area (Å²) in [7, 11) is 1.39. The quantitative estimate of drug-likeness (QED) is 0.506. The monoisotopic (exact) mass is 310 g/mol. The maximum atomic E-state index is 11.1. The third-order valence-corrected chi connectivity index (χ3v) is 2.68. The molecule has 0 fully saturated rings. The van der Waals surface area contributed by atoms with Gasteiger partial charge in [-0.1, -0.05) is 22.9 Å². The molecular weight excluding hydrogens is 296 g/mol. The van der Waals surface area contributed by atoms with E-state index in [1.165, 1.54) is 7.11 Å². The molecule has 5 heteroatoms. The van der Waals surface area contributed by atoms with Gasteiger partial charge in [0, 0.05) is 16.0 Å². The van der Waals surface area contributed by atoms with Crippen LogP contribution in [0.25, 0.3) is 10.9 Å². The molecule has 2 rings (SSSR count). The third-order valence-electron chi connectivity index (χ3n) is 2.68. The molecule has 4 nitrogen and oxygen atoms in total. The highest BCUT2D eigenvalue weighted by Gasteiger charge is 2.11. The molecule has 0 N–H and O–H groups in total. The zero-order chi connectivity index (χ0) is 12.3. The van der Waals surface area contributed by atoms with Crippen LogP contribution in [0, 0.1) is 6.92 Å². The molecule has 2 aromatic rings. The molecule has 0 spiro atoms. The van der Waals surface area contributed by atoms with E-state index in [0.29, 0.717) is 13.0 Å². The third kappa shape index (κ3) is 3.26. The van der Waals surface area contributed by atoms with E-state index in [2.05, 4.69) is 9.84 Å². The molecule has 0 aliphatic carbocycles. The Morgan fingerprint density at radius 2 is 2.11 bits per heavy atom. The molecule has 1 aromatic heterocycles. The number of halogens is 1. The molecule has 0 saturated carbocycles. The Balaban J connectivity index is 0.00000162. The van der Waals surface area contributed by atoms with E-state index < -0.39 is 0 Å². The van der Waals surface area contributed by atoms with Crippen LogP contribution >= 0.6 is 0 Å². The molecule has 0 unspecified atom stereocenters. The van der Waals surface area contributed by atoms with Gasteiger partial charge < -0.3 is 21.7 Å². The molecule has 0 atom stereocenters. The number of aryl methyl sites for hydroxylation is 2. The van der Waals surface area contributed by atoms with E-state index in [1.807, 2.05) is 37.4 Å². The summed E-state index contributed by atoms with van der Waals surface area (Å²) in [4.78, 5) is 11.1. The number of methoxy groups -OCH3 is 1. The number of rotatable bonds is 3. The van der Waals surface area contributed by atoms with Gasteiger partial charge in [-0.2, -0.15) is 0 Å². The van der Waals surface area contributed by atoms with Crippen LogP contribution in [0.2, 0.25) is 0 Å². The maximum Gasteiger partial charge on any atom is 0.312 e. The Morgan fingerprint density at radius 1 is 1.39 bits per heavy atom. The Bertz CT molecular complexity index is 558. The first kappa shape index (κ1) is 14.6. The van der Waals surface area contributed by atoms with Crippen LogP contribution < -0.4 is 21.7 Å². The molecule has 0 aliphatic heterocycles. The second kappa shape index (κ2) is 6.44. The van der Waals surface area contributed by atoms with Gasteiger partial charge in [-0.25, -0.2) is 0 Å². The molecule has 0 bridgehead atoms. The summed E-state index contributed by atoms with van der Waals surface area (Å²) < 4.78 is 6.40. The van der Waals surface area contributed by atoms with Gasteiger partial charge in [-0.15, -0.1) is 0 Å². The smallest absolute Gasteiger partial charge is 0.312 e. The second-order valence-corrected chi connectivity index (χ2v) is 3.92. The molecular formula is C13H15BrN2O2. The van der Waals surface area contributed by atoms with E-state index in [0.717, 1.165) is 16.5 Å². The topological polar surface area (TPSA) is 43.1 Å². The molecule has 96 valence electrons. The fourth-order valence-electron chi connectivity index (χ4n) is 1.78. The zero-order valence-corrected chi connectivity index (χ0v) is 12.0. The summed E-state index contributed by atoms with van der Waals surface area (Å²) in [5, 5.41) is 5.59. The number of hydrogen-bond acceptors (Lipinski definition) is 3. The lowest BCUT2D eigenvalue weighted by Crippen LogP contribution is -3.00. The molecule has 0 radical (unpaired) electrons. The van der Waals surface area contributed by atoms with Gasteiger partial charge in [-0.05, 0) is 13.0 Å². The highest BCUT2D eigenvalue weighted by atomic mass is 79.9. The van der Waals surface area contributed by atoms with Gasteiger partial charge in [0.15, 0.2) is 12.7 Å². The summed E-state index contributed by atoms with van der Waals surface area (Å²) >= 11 is 0. The molecule has 18 heavy (non-hydrogen) atoms. The van der Waals surface area contributed by atoms with Crippen LogP contribution in [-0.4, -0.2) is 18.2 Å². The van der Waals surface area contributed by atoms with Gasteiger partial charge in [0.25, 0.3) is 0 Å². The Hall–Kier alpha value is -1.49. The predicted octanol–water partition coefficient (Wildman–Crippen LogP) is -1.60. The first-order valence-electron chi connectivity index (χ1n) is 5.53. The first-order chi connectivity index (χ1) is 8.20. The Kier molecular flexibility index (Phi) is 5.22. The number of nitrogens with zero attached hydrogens (tertiary/aromatic N) is 2. The standard InChI is InChI=1S/C13H15N2O2.BrH/c1-10-9-15(8-7-13(16)17-2)14-12-6-4-3-5-11(10)12;/h3-6,9H,7-8H2,1-2H3;1H/q+1;/p-1. The highest BCUT2D eigenvalue weighted by molar-refractivity contribution is 5.80. The molecule has 1 heterocycles. The number of fused-ring (bicyclic) bond motifs is 1. The minimum atomic E-state index is -0.217. The second-order valence-electron chi connectivity index (χ2n) is 3.92. The van der Waals surface area contributed by atoms with Crippen molar-refractivity contribution < 1.29 is 31.2 Å². The van der Waals surface area contributed by atoms with Gasteiger partial charge in [0.2, 0.25) is 0 Å². The van der Waals surface area contributed by atoms with Gasteiger partial charge >= 0.3 is 5.97 Å². The van der Waals surface area contributed by atoms with Crippen molar-refractivity contribution in [2.24, 2.45) is 0 Å². The van der Waals surface area contributed by atoms with Crippen molar-refractivity contribution in [1.82, 2.24) is 5.10 Å². The lowest BCUT2D eigenvalue weighted by molar-refractivity contribution is -0.751. The van der Waals surface area contributed by atoms with Crippen molar-refractivity contribution in [2.75, 3.05) is 7.11 Å². The number of esters is 1.